The predicted molar refractivity (Wildman–Crippen MR) is 78.6 cm³/mol. The summed E-state index contributed by atoms with van der Waals surface area (Å²) in [4.78, 5) is 16.8. The van der Waals surface area contributed by atoms with Crippen LogP contribution >= 0.6 is 0 Å². The van der Waals surface area contributed by atoms with Crippen molar-refractivity contribution in [3.8, 4) is 0 Å². The first-order chi connectivity index (χ1) is 9.81. The highest BCUT2D eigenvalue weighted by Crippen LogP contribution is 2.28. The van der Waals surface area contributed by atoms with Gasteiger partial charge in [0.2, 0.25) is 5.91 Å². The second-order valence-electron chi connectivity index (χ2n) is 6.67. The summed E-state index contributed by atoms with van der Waals surface area (Å²) < 4.78 is 5.70. The molecule has 1 saturated carbocycles. The lowest BCUT2D eigenvalue weighted by Gasteiger charge is -2.36. The third-order valence-corrected chi connectivity index (χ3v) is 5.15. The average Bonchev–Trinajstić information content (AvgIpc) is 3.13. The largest absolute Gasteiger partial charge is 0.377 e. The smallest absolute Gasteiger partial charge is 0.222 e. The number of hydrogen-bond donors (Lipinski definition) is 0. The topological polar surface area (TPSA) is 32.8 Å². The first kappa shape index (κ1) is 14.3. The second kappa shape index (κ2) is 6.90. The summed E-state index contributed by atoms with van der Waals surface area (Å²) in [5, 5.41) is 0. The lowest BCUT2D eigenvalue weighted by molar-refractivity contribution is -0.134. The number of rotatable bonds is 4. The van der Waals surface area contributed by atoms with Crippen LogP contribution in [0.1, 0.15) is 44.9 Å². The molecule has 4 nitrogen and oxygen atoms in total. The summed E-state index contributed by atoms with van der Waals surface area (Å²) >= 11 is 0. The molecule has 114 valence electrons. The van der Waals surface area contributed by atoms with Gasteiger partial charge in [-0.15, -0.1) is 0 Å². The van der Waals surface area contributed by atoms with E-state index in [0.29, 0.717) is 17.9 Å². The lowest BCUT2D eigenvalue weighted by atomic mass is 10.0. The molecule has 3 rings (SSSR count). The maximum Gasteiger partial charge on any atom is 0.222 e. The minimum atomic E-state index is 0.397. The van der Waals surface area contributed by atoms with Gasteiger partial charge in [-0.3, -0.25) is 9.69 Å². The number of nitrogens with zero attached hydrogens (tertiary/aromatic N) is 2. The fourth-order valence-electron chi connectivity index (χ4n) is 3.85. The zero-order chi connectivity index (χ0) is 13.8. The predicted octanol–water partition coefficient (Wildman–Crippen LogP) is 1.89. The molecule has 0 spiro atoms. The monoisotopic (exact) mass is 280 g/mol. The van der Waals surface area contributed by atoms with Crippen LogP contribution in [0.4, 0.5) is 0 Å². The van der Waals surface area contributed by atoms with Crippen molar-refractivity contribution in [2.75, 3.05) is 39.3 Å². The van der Waals surface area contributed by atoms with Crippen molar-refractivity contribution in [2.24, 2.45) is 5.92 Å². The Morgan fingerprint density at radius 1 is 1.00 bits per heavy atom. The molecule has 2 heterocycles. The summed E-state index contributed by atoms with van der Waals surface area (Å²) in [5.41, 5.74) is 0. The van der Waals surface area contributed by atoms with Gasteiger partial charge in [0.05, 0.1) is 6.10 Å². The Kier molecular flexibility index (Phi) is 4.94. The van der Waals surface area contributed by atoms with Crippen LogP contribution in [-0.4, -0.2) is 61.1 Å². The Labute approximate surface area is 122 Å². The van der Waals surface area contributed by atoms with Crippen molar-refractivity contribution < 1.29 is 9.53 Å². The molecule has 2 saturated heterocycles. The van der Waals surface area contributed by atoms with E-state index in [1.165, 1.54) is 38.5 Å². The van der Waals surface area contributed by atoms with E-state index in [9.17, 15) is 4.79 Å². The van der Waals surface area contributed by atoms with E-state index in [4.69, 9.17) is 4.74 Å². The third-order valence-electron chi connectivity index (χ3n) is 5.15. The molecule has 4 heteroatoms. The van der Waals surface area contributed by atoms with Crippen LogP contribution < -0.4 is 0 Å². The molecule has 2 aliphatic heterocycles. The van der Waals surface area contributed by atoms with Gasteiger partial charge in [0.25, 0.3) is 0 Å². The van der Waals surface area contributed by atoms with E-state index in [1.807, 2.05) is 0 Å². The van der Waals surface area contributed by atoms with E-state index in [0.717, 1.165) is 45.8 Å². The number of piperazine rings is 1. The van der Waals surface area contributed by atoms with Gasteiger partial charge in [-0.1, -0.05) is 12.8 Å². The molecule has 3 aliphatic rings. The number of carbonyl (C=O) groups is 1. The Morgan fingerprint density at radius 3 is 2.40 bits per heavy atom. The van der Waals surface area contributed by atoms with Crippen LogP contribution in [0.25, 0.3) is 0 Å². The minimum Gasteiger partial charge on any atom is -0.377 e. The van der Waals surface area contributed by atoms with Crippen LogP contribution in [0.5, 0.6) is 0 Å². The van der Waals surface area contributed by atoms with E-state index in [-0.39, 0.29) is 0 Å². The highest BCUT2D eigenvalue weighted by Gasteiger charge is 2.26. The SMILES string of the molecule is O=C(CC1CCCC1)N1CCN(CC2CCCO2)CC1. The molecule has 0 bridgehead atoms. The van der Waals surface area contributed by atoms with Gasteiger partial charge in [-0.25, -0.2) is 0 Å². The van der Waals surface area contributed by atoms with E-state index in [2.05, 4.69) is 9.80 Å². The van der Waals surface area contributed by atoms with Crippen molar-refractivity contribution >= 4 is 5.91 Å². The van der Waals surface area contributed by atoms with Gasteiger partial charge in [-0.2, -0.15) is 0 Å². The van der Waals surface area contributed by atoms with Gasteiger partial charge in [0, 0.05) is 45.8 Å². The van der Waals surface area contributed by atoms with E-state index in [1.54, 1.807) is 0 Å². The van der Waals surface area contributed by atoms with E-state index < -0.39 is 0 Å². The lowest BCUT2D eigenvalue weighted by Crippen LogP contribution is -2.50. The van der Waals surface area contributed by atoms with Gasteiger partial charge in [0.1, 0.15) is 0 Å². The molecule has 0 aromatic carbocycles. The second-order valence-corrected chi connectivity index (χ2v) is 6.67. The molecule has 0 N–H and O–H groups in total. The molecule has 0 aromatic heterocycles. The number of ether oxygens (including phenoxy) is 1. The van der Waals surface area contributed by atoms with Crippen LogP contribution in [0, 0.1) is 5.92 Å². The first-order valence-corrected chi connectivity index (χ1v) is 8.43. The van der Waals surface area contributed by atoms with Gasteiger partial charge < -0.3 is 9.64 Å². The van der Waals surface area contributed by atoms with Crippen molar-refractivity contribution in [1.82, 2.24) is 9.80 Å². The molecule has 0 radical (unpaired) electrons. The summed E-state index contributed by atoms with van der Waals surface area (Å²) in [6.45, 7) is 5.87. The standard InChI is InChI=1S/C16H28N2O2/c19-16(12-14-4-1-2-5-14)18-9-7-17(8-10-18)13-15-6-3-11-20-15/h14-15H,1-13H2. The van der Waals surface area contributed by atoms with Crippen LogP contribution in [0.15, 0.2) is 0 Å². The zero-order valence-corrected chi connectivity index (χ0v) is 12.6. The number of carbonyl (C=O) groups excluding carboxylic acids is 1. The minimum absolute atomic E-state index is 0.397. The highest BCUT2D eigenvalue weighted by molar-refractivity contribution is 5.76. The number of amides is 1. The average molecular weight is 280 g/mol. The van der Waals surface area contributed by atoms with Crippen molar-refractivity contribution in [3.05, 3.63) is 0 Å². The number of hydrogen-bond acceptors (Lipinski definition) is 3. The highest BCUT2D eigenvalue weighted by atomic mass is 16.5. The Bertz CT molecular complexity index is 314. The van der Waals surface area contributed by atoms with Gasteiger partial charge in [-0.05, 0) is 31.6 Å². The van der Waals surface area contributed by atoms with Gasteiger partial charge in [0.15, 0.2) is 0 Å². The molecule has 1 amide bonds. The fourth-order valence-corrected chi connectivity index (χ4v) is 3.85. The zero-order valence-electron chi connectivity index (χ0n) is 12.6. The maximum absolute atomic E-state index is 12.3. The maximum atomic E-state index is 12.3. The summed E-state index contributed by atoms with van der Waals surface area (Å²) in [5.74, 6) is 1.07. The third kappa shape index (κ3) is 3.73. The van der Waals surface area contributed by atoms with Gasteiger partial charge >= 0.3 is 0 Å². The molecule has 1 unspecified atom stereocenters. The molecule has 1 atom stereocenters. The van der Waals surface area contributed by atoms with Crippen molar-refractivity contribution in [1.29, 1.82) is 0 Å². The molecule has 0 aromatic rings. The Morgan fingerprint density at radius 2 is 1.75 bits per heavy atom. The molecular formula is C16H28N2O2. The van der Waals surface area contributed by atoms with Crippen LogP contribution in [0.2, 0.25) is 0 Å². The van der Waals surface area contributed by atoms with Crippen LogP contribution in [0.3, 0.4) is 0 Å². The van der Waals surface area contributed by atoms with Crippen molar-refractivity contribution in [2.45, 2.75) is 51.0 Å². The summed E-state index contributed by atoms with van der Waals surface area (Å²) in [7, 11) is 0. The quantitative estimate of drug-likeness (QED) is 0.788. The molecule has 1 aliphatic carbocycles. The summed E-state index contributed by atoms with van der Waals surface area (Å²) in [6, 6.07) is 0. The summed E-state index contributed by atoms with van der Waals surface area (Å²) in [6.07, 6.45) is 8.85. The Hall–Kier alpha value is -0.610. The Balaban J connectivity index is 1.37. The van der Waals surface area contributed by atoms with Crippen molar-refractivity contribution in [3.63, 3.8) is 0 Å². The molecule has 20 heavy (non-hydrogen) atoms. The normalized spacial score (nSPS) is 29.2. The fraction of sp³-hybridized carbons (Fsp3) is 0.938. The molecule has 3 fully saturated rings. The van der Waals surface area contributed by atoms with E-state index >= 15 is 0 Å². The first-order valence-electron chi connectivity index (χ1n) is 8.43. The molecular weight excluding hydrogens is 252 g/mol. The van der Waals surface area contributed by atoms with Crippen LogP contribution in [-0.2, 0) is 9.53 Å².